The molecule has 3 rings (SSSR count). The molecule has 6 nitrogen and oxygen atoms in total. The Morgan fingerprint density at radius 3 is 1.81 bits per heavy atom. The van der Waals surface area contributed by atoms with Crippen molar-refractivity contribution < 1.29 is 14.4 Å². The predicted octanol–water partition coefficient (Wildman–Crippen LogP) is 3.01. The normalized spacial score (nSPS) is 17.9. The molecule has 0 aliphatic heterocycles. The Balaban J connectivity index is 1.52. The second-order valence-corrected chi connectivity index (χ2v) is 6.74. The third kappa shape index (κ3) is 4.40. The molecular weight excluding hydrogens is 354 g/mol. The third-order valence-electron chi connectivity index (χ3n) is 4.26. The SMILES string of the molecule is CC1CC1C(=O)Nc1ccc(C(=O)NNC(=O)c2ccc(Cl)cc2)cc1. The van der Waals surface area contributed by atoms with Gasteiger partial charge in [0, 0.05) is 27.8 Å². The van der Waals surface area contributed by atoms with Crippen LogP contribution >= 0.6 is 11.6 Å². The lowest BCUT2D eigenvalue weighted by atomic mass is 10.2. The lowest BCUT2D eigenvalue weighted by molar-refractivity contribution is -0.117. The Bertz CT molecular complexity index is 834. The Hall–Kier alpha value is -2.86. The number of hydrogen-bond donors (Lipinski definition) is 3. The van der Waals surface area contributed by atoms with Crippen LogP contribution in [0.4, 0.5) is 5.69 Å². The van der Waals surface area contributed by atoms with Gasteiger partial charge in [-0.15, -0.1) is 0 Å². The zero-order valence-corrected chi connectivity index (χ0v) is 14.8. The lowest BCUT2D eigenvalue weighted by Crippen LogP contribution is -2.41. The highest BCUT2D eigenvalue weighted by Gasteiger charge is 2.39. The first kappa shape index (κ1) is 17.9. The molecule has 7 heteroatoms. The zero-order chi connectivity index (χ0) is 18.7. The number of halogens is 1. The molecular formula is C19H18ClN3O3. The summed E-state index contributed by atoms with van der Waals surface area (Å²) in [6.45, 7) is 2.04. The summed E-state index contributed by atoms with van der Waals surface area (Å²) in [6, 6.07) is 12.8. The second kappa shape index (κ2) is 7.58. The minimum Gasteiger partial charge on any atom is -0.326 e. The minimum absolute atomic E-state index is 0.00456. The number of benzene rings is 2. The first-order valence-corrected chi connectivity index (χ1v) is 8.59. The summed E-state index contributed by atoms with van der Waals surface area (Å²) in [4.78, 5) is 35.9. The zero-order valence-electron chi connectivity index (χ0n) is 14.1. The quantitative estimate of drug-likeness (QED) is 0.722. The Labute approximate surface area is 155 Å². The summed E-state index contributed by atoms with van der Waals surface area (Å²) < 4.78 is 0. The van der Waals surface area contributed by atoms with E-state index in [-0.39, 0.29) is 11.8 Å². The van der Waals surface area contributed by atoms with E-state index in [1.165, 1.54) is 0 Å². The maximum absolute atomic E-state index is 12.1. The molecule has 1 saturated carbocycles. The average Bonchev–Trinajstić information content (AvgIpc) is 3.37. The highest BCUT2D eigenvalue weighted by atomic mass is 35.5. The van der Waals surface area contributed by atoms with E-state index in [0.29, 0.717) is 27.8 Å². The fourth-order valence-electron chi connectivity index (χ4n) is 2.49. The van der Waals surface area contributed by atoms with Gasteiger partial charge in [-0.05, 0) is 60.9 Å². The number of anilines is 1. The van der Waals surface area contributed by atoms with Crippen LogP contribution in [0.3, 0.4) is 0 Å². The van der Waals surface area contributed by atoms with Crippen molar-refractivity contribution in [2.24, 2.45) is 11.8 Å². The van der Waals surface area contributed by atoms with Crippen LogP contribution in [0.5, 0.6) is 0 Å². The number of carbonyl (C=O) groups excluding carboxylic acids is 3. The van der Waals surface area contributed by atoms with Crippen molar-refractivity contribution in [3.05, 3.63) is 64.7 Å². The van der Waals surface area contributed by atoms with Crippen molar-refractivity contribution in [1.29, 1.82) is 0 Å². The van der Waals surface area contributed by atoms with Crippen molar-refractivity contribution >= 4 is 35.0 Å². The summed E-state index contributed by atoms with van der Waals surface area (Å²) in [6.07, 6.45) is 0.916. The molecule has 3 N–H and O–H groups in total. The molecule has 0 aromatic heterocycles. The highest BCUT2D eigenvalue weighted by Crippen LogP contribution is 2.38. The minimum atomic E-state index is -0.457. The monoisotopic (exact) mass is 371 g/mol. The van der Waals surface area contributed by atoms with Gasteiger partial charge in [-0.3, -0.25) is 25.2 Å². The topological polar surface area (TPSA) is 87.3 Å². The van der Waals surface area contributed by atoms with Gasteiger partial charge in [-0.2, -0.15) is 0 Å². The average molecular weight is 372 g/mol. The Kier molecular flexibility index (Phi) is 5.23. The molecule has 0 radical (unpaired) electrons. The van der Waals surface area contributed by atoms with Gasteiger partial charge in [0.25, 0.3) is 11.8 Å². The van der Waals surface area contributed by atoms with Crippen LogP contribution in [-0.4, -0.2) is 17.7 Å². The molecule has 2 aromatic carbocycles. The van der Waals surface area contributed by atoms with Crippen molar-refractivity contribution in [2.75, 3.05) is 5.32 Å². The number of hydrazine groups is 1. The van der Waals surface area contributed by atoms with E-state index in [4.69, 9.17) is 11.6 Å². The first-order chi connectivity index (χ1) is 12.4. The van der Waals surface area contributed by atoms with Gasteiger partial charge in [0.05, 0.1) is 0 Å². The van der Waals surface area contributed by atoms with Gasteiger partial charge < -0.3 is 5.32 Å². The molecule has 26 heavy (non-hydrogen) atoms. The van der Waals surface area contributed by atoms with Crippen molar-refractivity contribution in [3.63, 3.8) is 0 Å². The van der Waals surface area contributed by atoms with Crippen molar-refractivity contribution in [3.8, 4) is 0 Å². The van der Waals surface area contributed by atoms with Gasteiger partial charge >= 0.3 is 0 Å². The van der Waals surface area contributed by atoms with Gasteiger partial charge in [0.1, 0.15) is 0 Å². The van der Waals surface area contributed by atoms with E-state index >= 15 is 0 Å². The summed E-state index contributed by atoms with van der Waals surface area (Å²) in [5, 5.41) is 3.35. The molecule has 2 atom stereocenters. The van der Waals surface area contributed by atoms with Gasteiger partial charge in [0.15, 0.2) is 0 Å². The van der Waals surface area contributed by atoms with E-state index in [0.717, 1.165) is 6.42 Å². The highest BCUT2D eigenvalue weighted by molar-refractivity contribution is 6.30. The van der Waals surface area contributed by atoms with Gasteiger partial charge in [0.2, 0.25) is 5.91 Å². The largest absolute Gasteiger partial charge is 0.326 e. The first-order valence-electron chi connectivity index (χ1n) is 8.21. The number of rotatable bonds is 4. The van der Waals surface area contributed by atoms with Crippen LogP contribution < -0.4 is 16.2 Å². The second-order valence-electron chi connectivity index (χ2n) is 6.30. The fourth-order valence-corrected chi connectivity index (χ4v) is 2.61. The van der Waals surface area contributed by atoms with E-state index in [2.05, 4.69) is 16.2 Å². The van der Waals surface area contributed by atoms with Crippen LogP contribution in [0.2, 0.25) is 5.02 Å². The molecule has 3 amide bonds. The molecule has 2 aromatic rings. The molecule has 134 valence electrons. The summed E-state index contributed by atoms with van der Waals surface area (Å²) in [5.74, 6) is -0.381. The lowest BCUT2D eigenvalue weighted by Gasteiger charge is -2.09. The van der Waals surface area contributed by atoms with E-state index in [1.807, 2.05) is 6.92 Å². The van der Waals surface area contributed by atoms with E-state index in [9.17, 15) is 14.4 Å². The molecule has 1 aliphatic rings. The van der Waals surface area contributed by atoms with Crippen LogP contribution in [0.15, 0.2) is 48.5 Å². The van der Waals surface area contributed by atoms with Gasteiger partial charge in [-0.25, -0.2) is 0 Å². The molecule has 0 heterocycles. The molecule has 0 bridgehead atoms. The number of amides is 3. The van der Waals surface area contributed by atoms with E-state index < -0.39 is 11.8 Å². The third-order valence-corrected chi connectivity index (χ3v) is 4.51. The summed E-state index contributed by atoms with van der Waals surface area (Å²) >= 11 is 5.77. The summed E-state index contributed by atoms with van der Waals surface area (Å²) in [5.41, 5.74) is 6.06. The number of hydrogen-bond acceptors (Lipinski definition) is 3. The maximum Gasteiger partial charge on any atom is 0.269 e. The Morgan fingerprint density at radius 1 is 0.885 bits per heavy atom. The van der Waals surface area contributed by atoms with Crippen LogP contribution in [0.25, 0.3) is 0 Å². The van der Waals surface area contributed by atoms with Crippen molar-refractivity contribution in [1.82, 2.24) is 10.9 Å². The fraction of sp³-hybridized carbons (Fsp3) is 0.211. The van der Waals surface area contributed by atoms with Crippen LogP contribution in [0, 0.1) is 11.8 Å². The maximum atomic E-state index is 12.1. The van der Waals surface area contributed by atoms with E-state index in [1.54, 1.807) is 48.5 Å². The molecule has 0 spiro atoms. The molecule has 1 fully saturated rings. The standard InChI is InChI=1S/C19H18ClN3O3/c1-11-10-16(11)19(26)21-15-8-4-13(5-9-15)18(25)23-22-17(24)12-2-6-14(20)7-3-12/h2-9,11,16H,10H2,1H3,(H,21,26)(H,22,24)(H,23,25). The Morgan fingerprint density at radius 2 is 1.35 bits per heavy atom. The van der Waals surface area contributed by atoms with Crippen LogP contribution in [0.1, 0.15) is 34.1 Å². The van der Waals surface area contributed by atoms with Gasteiger partial charge in [-0.1, -0.05) is 18.5 Å². The molecule has 1 aliphatic carbocycles. The van der Waals surface area contributed by atoms with Crippen LogP contribution in [-0.2, 0) is 4.79 Å². The predicted molar refractivity (Wildman–Crippen MR) is 98.7 cm³/mol. The van der Waals surface area contributed by atoms with Crippen molar-refractivity contribution in [2.45, 2.75) is 13.3 Å². The smallest absolute Gasteiger partial charge is 0.269 e. The summed E-state index contributed by atoms with van der Waals surface area (Å²) in [7, 11) is 0. The number of nitrogens with one attached hydrogen (secondary N) is 3. The number of carbonyl (C=O) groups is 3. The molecule has 2 unspecified atom stereocenters. The molecule has 0 saturated heterocycles.